The Balaban J connectivity index is 1.18. The maximum Gasteiger partial charge on any atom is 0.261 e. The normalized spacial score (nSPS) is 12.6. The van der Waals surface area contributed by atoms with E-state index in [1.807, 2.05) is 12.1 Å². The van der Waals surface area contributed by atoms with Crippen LogP contribution in [0.3, 0.4) is 0 Å². The Kier molecular flexibility index (Phi) is 6.98. The van der Waals surface area contributed by atoms with Gasteiger partial charge in [-0.25, -0.2) is 0 Å². The molecule has 5 rings (SSSR count). The van der Waals surface area contributed by atoms with E-state index >= 15 is 0 Å². The third kappa shape index (κ3) is 5.31. The summed E-state index contributed by atoms with van der Waals surface area (Å²) in [7, 11) is 0. The molecule has 7 heteroatoms. The van der Waals surface area contributed by atoms with Gasteiger partial charge in [-0.3, -0.25) is 24.1 Å². The van der Waals surface area contributed by atoms with Crippen molar-refractivity contribution in [3.8, 4) is 0 Å². The van der Waals surface area contributed by atoms with Crippen molar-refractivity contribution in [2.24, 2.45) is 0 Å². The van der Waals surface area contributed by atoms with Gasteiger partial charge >= 0.3 is 0 Å². The van der Waals surface area contributed by atoms with Gasteiger partial charge in [0.2, 0.25) is 0 Å². The number of hydrogen-bond acceptors (Lipinski definition) is 4. The first-order chi connectivity index (χ1) is 18.4. The molecule has 0 fully saturated rings. The molecule has 1 heterocycles. The Bertz CT molecular complexity index is 1540. The summed E-state index contributed by atoms with van der Waals surface area (Å²) in [5, 5.41) is 3.43. The van der Waals surface area contributed by atoms with Crippen LogP contribution in [0.4, 0.5) is 5.69 Å². The average Bonchev–Trinajstić information content (AvgIpc) is 3.18. The molecule has 0 aromatic heterocycles. The quantitative estimate of drug-likeness (QED) is 0.176. The topological polar surface area (TPSA) is 83.6 Å². The number of halogens is 1. The third-order valence-corrected chi connectivity index (χ3v) is 6.41. The van der Waals surface area contributed by atoms with E-state index in [0.29, 0.717) is 33.0 Å². The summed E-state index contributed by atoms with van der Waals surface area (Å²) in [4.78, 5) is 51.5. The molecule has 1 aliphatic rings. The van der Waals surface area contributed by atoms with Gasteiger partial charge in [-0.1, -0.05) is 54.1 Å². The number of imide groups is 1. The van der Waals surface area contributed by atoms with Crippen molar-refractivity contribution in [2.45, 2.75) is 6.54 Å². The average molecular weight is 521 g/mol. The summed E-state index contributed by atoms with van der Waals surface area (Å²) in [6.45, 7) is 0.121. The van der Waals surface area contributed by atoms with E-state index in [2.05, 4.69) is 5.32 Å². The fraction of sp³-hybridized carbons (Fsp3) is 0.0323. The molecule has 4 aromatic carbocycles. The Hall–Kier alpha value is -4.81. The highest BCUT2D eigenvalue weighted by Crippen LogP contribution is 2.24. The molecule has 4 aromatic rings. The fourth-order valence-corrected chi connectivity index (χ4v) is 4.22. The highest BCUT2D eigenvalue weighted by atomic mass is 35.5. The van der Waals surface area contributed by atoms with Crippen LogP contribution >= 0.6 is 11.6 Å². The molecule has 0 unspecified atom stereocenters. The molecule has 0 saturated carbocycles. The summed E-state index contributed by atoms with van der Waals surface area (Å²) >= 11 is 5.88. The van der Waals surface area contributed by atoms with Crippen LogP contribution in [0.5, 0.6) is 0 Å². The first-order valence-electron chi connectivity index (χ1n) is 11.8. The first-order valence-corrected chi connectivity index (χ1v) is 12.2. The van der Waals surface area contributed by atoms with Crippen LogP contribution < -0.4 is 5.32 Å². The number of carbonyl (C=O) groups is 4. The fourth-order valence-electron chi connectivity index (χ4n) is 4.09. The molecule has 0 atom stereocenters. The number of nitrogens with zero attached hydrogens (tertiary/aromatic N) is 1. The maximum absolute atomic E-state index is 12.7. The largest absolute Gasteiger partial charge is 0.322 e. The number of anilines is 1. The minimum Gasteiger partial charge on any atom is -0.322 e. The van der Waals surface area contributed by atoms with E-state index in [-0.39, 0.29) is 30.0 Å². The van der Waals surface area contributed by atoms with Crippen molar-refractivity contribution in [1.82, 2.24) is 4.90 Å². The molecule has 0 spiro atoms. The van der Waals surface area contributed by atoms with Crippen LogP contribution in [0.25, 0.3) is 6.08 Å². The van der Waals surface area contributed by atoms with Crippen LogP contribution in [-0.4, -0.2) is 28.4 Å². The minimum atomic E-state index is -0.324. The van der Waals surface area contributed by atoms with Gasteiger partial charge in [-0.15, -0.1) is 0 Å². The minimum absolute atomic E-state index is 0.121. The number of carbonyl (C=O) groups excluding carboxylic acids is 4. The van der Waals surface area contributed by atoms with E-state index in [1.165, 1.54) is 11.0 Å². The van der Waals surface area contributed by atoms with Crippen LogP contribution in [0.1, 0.15) is 52.6 Å². The monoisotopic (exact) mass is 520 g/mol. The number of ketones is 1. The SMILES string of the molecule is O=C(/C=C/c1ccc(Cl)cc1)c1ccc(NC(=O)c2ccc(CN3C(=O)c4ccccc4C3=O)cc2)cc1. The lowest BCUT2D eigenvalue weighted by molar-refractivity contribution is 0.0641. The number of amides is 3. The number of fused-ring (bicyclic) bond motifs is 1. The second-order valence-electron chi connectivity index (χ2n) is 8.72. The first kappa shape index (κ1) is 24.9. The van der Waals surface area contributed by atoms with Crippen LogP contribution in [0.2, 0.25) is 5.02 Å². The zero-order valence-corrected chi connectivity index (χ0v) is 20.8. The molecular formula is C31H21ClN2O4. The van der Waals surface area contributed by atoms with Crippen LogP contribution in [-0.2, 0) is 6.54 Å². The molecular weight excluding hydrogens is 500 g/mol. The molecule has 1 aliphatic heterocycles. The van der Waals surface area contributed by atoms with Gasteiger partial charge in [0, 0.05) is 21.8 Å². The lowest BCUT2D eigenvalue weighted by Gasteiger charge is -2.14. The lowest BCUT2D eigenvalue weighted by Crippen LogP contribution is -2.29. The summed E-state index contributed by atoms with van der Waals surface area (Å²) in [5.41, 5.74) is 3.85. The van der Waals surface area contributed by atoms with E-state index in [1.54, 1.807) is 91.0 Å². The zero-order chi connectivity index (χ0) is 26.6. The molecule has 1 N–H and O–H groups in total. The van der Waals surface area contributed by atoms with Gasteiger partial charge in [-0.2, -0.15) is 0 Å². The molecule has 38 heavy (non-hydrogen) atoms. The molecule has 186 valence electrons. The number of benzene rings is 4. The molecule has 0 aliphatic carbocycles. The zero-order valence-electron chi connectivity index (χ0n) is 20.1. The molecule has 6 nitrogen and oxygen atoms in total. The van der Waals surface area contributed by atoms with Crippen molar-refractivity contribution in [3.05, 3.63) is 142 Å². The number of nitrogens with one attached hydrogen (secondary N) is 1. The van der Waals surface area contributed by atoms with Gasteiger partial charge in [0.05, 0.1) is 17.7 Å². The highest BCUT2D eigenvalue weighted by Gasteiger charge is 2.34. The molecule has 0 bridgehead atoms. The van der Waals surface area contributed by atoms with Crippen molar-refractivity contribution >= 4 is 46.9 Å². The maximum atomic E-state index is 12.7. The van der Waals surface area contributed by atoms with Crippen molar-refractivity contribution in [1.29, 1.82) is 0 Å². The van der Waals surface area contributed by atoms with Gasteiger partial charge < -0.3 is 5.32 Å². The summed E-state index contributed by atoms with van der Waals surface area (Å²) in [5.74, 6) is -1.13. The van der Waals surface area contributed by atoms with Gasteiger partial charge in [-0.05, 0) is 77.9 Å². The number of hydrogen-bond donors (Lipinski definition) is 1. The predicted octanol–water partition coefficient (Wildman–Crippen LogP) is 6.28. The smallest absolute Gasteiger partial charge is 0.261 e. The Morgan fingerprint density at radius 3 is 1.92 bits per heavy atom. The third-order valence-electron chi connectivity index (χ3n) is 6.16. The van der Waals surface area contributed by atoms with Crippen molar-refractivity contribution in [2.75, 3.05) is 5.32 Å². The molecule has 0 saturated heterocycles. The summed E-state index contributed by atoms with van der Waals surface area (Å²) < 4.78 is 0. The second-order valence-corrected chi connectivity index (χ2v) is 9.16. The predicted molar refractivity (Wildman–Crippen MR) is 146 cm³/mol. The molecule has 3 amide bonds. The van der Waals surface area contributed by atoms with Crippen molar-refractivity contribution < 1.29 is 19.2 Å². The standard InChI is InChI=1S/C31H21ClN2O4/c32-24-14-7-20(8-15-24)9-18-28(35)22-12-16-25(17-13-22)33-29(36)23-10-5-21(6-11-23)19-34-30(37)26-3-1-2-4-27(26)31(34)38/h1-18H,19H2,(H,33,36)/b18-9+. The number of rotatable bonds is 7. The van der Waals surface area contributed by atoms with Gasteiger partial charge in [0.1, 0.15) is 0 Å². The Labute approximate surface area is 224 Å². The highest BCUT2D eigenvalue weighted by molar-refractivity contribution is 6.30. The molecule has 0 radical (unpaired) electrons. The van der Waals surface area contributed by atoms with Crippen LogP contribution in [0, 0.1) is 0 Å². The van der Waals surface area contributed by atoms with E-state index < -0.39 is 0 Å². The van der Waals surface area contributed by atoms with Gasteiger partial charge in [0.25, 0.3) is 17.7 Å². The van der Waals surface area contributed by atoms with Gasteiger partial charge in [0.15, 0.2) is 5.78 Å². The van der Waals surface area contributed by atoms with Crippen LogP contribution in [0.15, 0.2) is 103 Å². The summed E-state index contributed by atoms with van der Waals surface area (Å²) in [6.07, 6.45) is 3.20. The van der Waals surface area contributed by atoms with Crippen molar-refractivity contribution in [3.63, 3.8) is 0 Å². The van der Waals surface area contributed by atoms with E-state index in [4.69, 9.17) is 11.6 Å². The lowest BCUT2D eigenvalue weighted by atomic mass is 10.1. The summed E-state index contributed by atoms with van der Waals surface area (Å²) in [6, 6.07) is 27.2. The Morgan fingerprint density at radius 2 is 1.32 bits per heavy atom. The Morgan fingerprint density at radius 1 is 0.737 bits per heavy atom. The number of allylic oxidation sites excluding steroid dienone is 1. The van der Waals surface area contributed by atoms with E-state index in [9.17, 15) is 19.2 Å². The van der Waals surface area contributed by atoms with E-state index in [0.717, 1.165) is 11.1 Å². The second kappa shape index (κ2) is 10.7.